The van der Waals surface area contributed by atoms with Crippen LogP contribution in [-0.4, -0.2) is 0 Å². The molecule has 0 heterocycles. The zero-order chi connectivity index (χ0) is 29.9. The van der Waals surface area contributed by atoms with E-state index in [4.69, 9.17) is 11.5 Å². The molecule has 220 valence electrons. The van der Waals surface area contributed by atoms with E-state index in [0.29, 0.717) is 17.8 Å². The predicted octanol–water partition coefficient (Wildman–Crippen LogP) is 10.4. The quantitative estimate of drug-likeness (QED) is 0.201. The maximum absolute atomic E-state index is 6.05. The number of hydrogen-bond donors (Lipinski definition) is 2. The Morgan fingerprint density at radius 1 is 0.643 bits per heavy atom. The zero-order valence-corrected chi connectivity index (χ0v) is 26.4. The molecule has 2 atom stereocenters. The molecule has 4 aromatic carbocycles. The summed E-state index contributed by atoms with van der Waals surface area (Å²) in [6, 6.07) is 32.0. The Balaban J connectivity index is 1.53. The Labute approximate surface area is 254 Å². The number of benzene rings is 4. The van der Waals surface area contributed by atoms with Crippen LogP contribution >= 0.6 is 0 Å². The van der Waals surface area contributed by atoms with Gasteiger partial charge in [-0.3, -0.25) is 0 Å². The van der Waals surface area contributed by atoms with E-state index >= 15 is 0 Å². The van der Waals surface area contributed by atoms with Crippen LogP contribution in [0.4, 0.5) is 11.4 Å². The molecule has 0 aliphatic heterocycles. The van der Waals surface area contributed by atoms with Crippen molar-refractivity contribution in [3.05, 3.63) is 129 Å². The number of anilines is 2. The summed E-state index contributed by atoms with van der Waals surface area (Å²) in [6.07, 6.45) is 9.02. The van der Waals surface area contributed by atoms with Crippen LogP contribution in [0.25, 0.3) is 0 Å². The Hall–Kier alpha value is -3.52. The molecular formula is C40H50N2. The molecule has 0 radical (unpaired) electrons. The molecule has 2 nitrogen and oxygen atoms in total. The van der Waals surface area contributed by atoms with Crippen molar-refractivity contribution in [1.82, 2.24) is 0 Å². The van der Waals surface area contributed by atoms with Crippen molar-refractivity contribution < 1.29 is 0 Å². The van der Waals surface area contributed by atoms with E-state index in [0.717, 1.165) is 11.4 Å². The molecular weight excluding hydrogens is 508 g/mol. The van der Waals surface area contributed by atoms with Crippen LogP contribution in [0.5, 0.6) is 0 Å². The average Bonchev–Trinajstić information content (AvgIpc) is 3.00. The van der Waals surface area contributed by atoms with Gasteiger partial charge in [-0.2, -0.15) is 0 Å². The molecule has 0 aromatic heterocycles. The lowest BCUT2D eigenvalue weighted by molar-refractivity contribution is 0.224. The highest BCUT2D eigenvalue weighted by atomic mass is 14.5. The molecule has 0 saturated heterocycles. The summed E-state index contributed by atoms with van der Waals surface area (Å²) in [5.74, 6) is 1.32. The molecule has 42 heavy (non-hydrogen) atoms. The fourth-order valence-corrected chi connectivity index (χ4v) is 7.99. The van der Waals surface area contributed by atoms with Crippen molar-refractivity contribution in [2.75, 3.05) is 11.5 Å². The summed E-state index contributed by atoms with van der Waals surface area (Å²) in [4.78, 5) is 0. The number of nitrogens with two attached hydrogens (primary N) is 2. The van der Waals surface area contributed by atoms with Gasteiger partial charge in [0.15, 0.2) is 0 Å². The number of rotatable bonds is 9. The summed E-state index contributed by atoms with van der Waals surface area (Å²) >= 11 is 0. The highest BCUT2D eigenvalue weighted by molar-refractivity contribution is 5.50. The first-order chi connectivity index (χ1) is 20.2. The standard InChI is InChI=1S/C40H50N2/c1-6-24-40(33-10-8-7-9-11-33,34-16-12-31(13-17-34)29(4)38-22-20-36(41)25-27(38)2)35-18-14-32(15-19-35)30(5)39-23-21-37(42)26-28(39)3/h12-23,25-26,29-30,33H,6-11,24,41-42H2,1-5H3. The normalized spacial score (nSPS) is 17.0. The first-order valence-electron chi connectivity index (χ1n) is 16.2. The third-order valence-electron chi connectivity index (χ3n) is 10.3. The topological polar surface area (TPSA) is 52.0 Å². The van der Waals surface area contributed by atoms with Crippen LogP contribution < -0.4 is 11.5 Å². The highest BCUT2D eigenvalue weighted by Crippen LogP contribution is 2.49. The fourth-order valence-electron chi connectivity index (χ4n) is 7.99. The Kier molecular flexibility index (Phi) is 9.11. The third kappa shape index (κ3) is 5.87. The SMILES string of the molecule is CCCC(c1ccc(C(C)c2ccc(N)cc2C)cc1)(c1ccc(C(C)c2ccc(N)cc2C)cc1)C1CCCCC1. The van der Waals surface area contributed by atoms with Gasteiger partial charge in [-0.1, -0.05) is 107 Å². The molecule has 2 unspecified atom stereocenters. The van der Waals surface area contributed by atoms with Gasteiger partial charge in [0.1, 0.15) is 0 Å². The number of nitrogen functional groups attached to an aromatic ring is 2. The van der Waals surface area contributed by atoms with Gasteiger partial charge in [0.2, 0.25) is 0 Å². The lowest BCUT2D eigenvalue weighted by atomic mass is 9.59. The van der Waals surface area contributed by atoms with Crippen LogP contribution in [0.2, 0.25) is 0 Å². The Bertz CT molecular complexity index is 1370. The summed E-state index contributed by atoms with van der Waals surface area (Å²) < 4.78 is 0. The molecule has 0 amide bonds. The minimum absolute atomic E-state index is 0.0347. The van der Waals surface area contributed by atoms with Crippen LogP contribution in [0.15, 0.2) is 84.9 Å². The lowest BCUT2D eigenvalue weighted by Gasteiger charge is -2.44. The fraction of sp³-hybridized carbons (Fsp3) is 0.400. The summed E-state index contributed by atoms with van der Waals surface area (Å²) in [7, 11) is 0. The van der Waals surface area contributed by atoms with Crippen molar-refractivity contribution in [1.29, 1.82) is 0 Å². The monoisotopic (exact) mass is 558 g/mol. The molecule has 0 spiro atoms. The molecule has 1 fully saturated rings. The van der Waals surface area contributed by atoms with Gasteiger partial charge in [-0.15, -0.1) is 0 Å². The van der Waals surface area contributed by atoms with Crippen LogP contribution in [0, 0.1) is 19.8 Å². The number of hydrogen-bond acceptors (Lipinski definition) is 2. The molecule has 4 aromatic rings. The number of aryl methyl sites for hydroxylation is 2. The maximum Gasteiger partial charge on any atom is 0.0316 e. The first kappa shape index (κ1) is 30.0. The van der Waals surface area contributed by atoms with Gasteiger partial charge in [0.05, 0.1) is 0 Å². The summed E-state index contributed by atoms with van der Waals surface area (Å²) in [6.45, 7) is 11.3. The Morgan fingerprint density at radius 2 is 1.07 bits per heavy atom. The van der Waals surface area contributed by atoms with Crippen molar-refractivity contribution in [2.45, 2.75) is 96.8 Å². The van der Waals surface area contributed by atoms with E-state index in [9.17, 15) is 0 Å². The second kappa shape index (κ2) is 12.8. The molecule has 4 N–H and O–H groups in total. The van der Waals surface area contributed by atoms with Gasteiger partial charge in [0.25, 0.3) is 0 Å². The van der Waals surface area contributed by atoms with Crippen molar-refractivity contribution in [3.63, 3.8) is 0 Å². The second-order valence-electron chi connectivity index (χ2n) is 13.0. The van der Waals surface area contributed by atoms with E-state index in [1.807, 2.05) is 12.1 Å². The van der Waals surface area contributed by atoms with Gasteiger partial charge in [0, 0.05) is 28.6 Å². The largest absolute Gasteiger partial charge is 0.399 e. The molecule has 0 bridgehead atoms. The molecule has 1 saturated carbocycles. The van der Waals surface area contributed by atoms with Crippen LogP contribution in [0.3, 0.4) is 0 Å². The first-order valence-corrected chi connectivity index (χ1v) is 16.2. The summed E-state index contributed by atoms with van der Waals surface area (Å²) in [5.41, 5.74) is 24.7. The molecule has 1 aliphatic carbocycles. The van der Waals surface area contributed by atoms with Crippen LogP contribution in [-0.2, 0) is 5.41 Å². The average molecular weight is 559 g/mol. The molecule has 1 aliphatic rings. The van der Waals surface area contributed by atoms with E-state index in [-0.39, 0.29) is 5.41 Å². The minimum atomic E-state index is 0.0347. The zero-order valence-electron chi connectivity index (χ0n) is 26.4. The van der Waals surface area contributed by atoms with E-state index in [1.165, 1.54) is 89.5 Å². The smallest absolute Gasteiger partial charge is 0.0316 e. The van der Waals surface area contributed by atoms with E-state index < -0.39 is 0 Å². The van der Waals surface area contributed by atoms with Gasteiger partial charge >= 0.3 is 0 Å². The predicted molar refractivity (Wildman–Crippen MR) is 181 cm³/mol. The molecule has 5 rings (SSSR count). The van der Waals surface area contributed by atoms with Gasteiger partial charge in [-0.05, 0) is 108 Å². The lowest BCUT2D eigenvalue weighted by Crippen LogP contribution is -2.38. The third-order valence-corrected chi connectivity index (χ3v) is 10.3. The Morgan fingerprint density at radius 3 is 1.45 bits per heavy atom. The van der Waals surface area contributed by atoms with E-state index in [2.05, 4.69) is 107 Å². The van der Waals surface area contributed by atoms with Gasteiger partial charge in [-0.25, -0.2) is 0 Å². The highest BCUT2D eigenvalue weighted by Gasteiger charge is 2.41. The van der Waals surface area contributed by atoms with Crippen LogP contribution in [0.1, 0.15) is 122 Å². The van der Waals surface area contributed by atoms with Crippen molar-refractivity contribution in [2.24, 2.45) is 5.92 Å². The van der Waals surface area contributed by atoms with E-state index in [1.54, 1.807) is 0 Å². The second-order valence-corrected chi connectivity index (χ2v) is 13.0. The van der Waals surface area contributed by atoms with Crippen molar-refractivity contribution in [3.8, 4) is 0 Å². The molecule has 2 heteroatoms. The summed E-state index contributed by atoms with van der Waals surface area (Å²) in [5, 5.41) is 0. The maximum atomic E-state index is 6.05. The van der Waals surface area contributed by atoms with Crippen molar-refractivity contribution >= 4 is 11.4 Å². The minimum Gasteiger partial charge on any atom is -0.399 e. The van der Waals surface area contributed by atoms with Gasteiger partial charge < -0.3 is 11.5 Å².